The summed E-state index contributed by atoms with van der Waals surface area (Å²) in [6, 6.07) is 15.3. The SMILES string of the molecule is C/C=C\c1ccc(CC(=O)c2ccc(OC)cc2)cc1. The molecule has 2 nitrogen and oxygen atoms in total. The molecule has 0 heterocycles. The molecule has 20 heavy (non-hydrogen) atoms. The van der Waals surface area contributed by atoms with Crippen LogP contribution in [0, 0.1) is 0 Å². The van der Waals surface area contributed by atoms with Crippen molar-refractivity contribution in [2.24, 2.45) is 0 Å². The zero-order valence-electron chi connectivity index (χ0n) is 11.8. The Balaban J connectivity index is 2.06. The Labute approximate surface area is 119 Å². The number of ketones is 1. The molecule has 0 amide bonds. The van der Waals surface area contributed by atoms with E-state index in [0.29, 0.717) is 12.0 Å². The van der Waals surface area contributed by atoms with E-state index in [1.165, 1.54) is 0 Å². The molecule has 0 saturated carbocycles. The second-order valence-electron chi connectivity index (χ2n) is 4.57. The average Bonchev–Trinajstić information content (AvgIpc) is 2.49. The van der Waals surface area contributed by atoms with Gasteiger partial charge in [0.1, 0.15) is 5.75 Å². The van der Waals surface area contributed by atoms with Crippen LogP contribution < -0.4 is 4.74 Å². The summed E-state index contributed by atoms with van der Waals surface area (Å²) in [6.07, 6.45) is 4.45. The standard InChI is InChI=1S/C18H18O2/c1-3-4-14-5-7-15(8-6-14)13-18(19)16-9-11-17(20-2)12-10-16/h3-12H,13H2,1-2H3/b4-3-. The third-order valence-corrected chi connectivity index (χ3v) is 3.12. The van der Waals surface area contributed by atoms with E-state index >= 15 is 0 Å². The van der Waals surface area contributed by atoms with Gasteiger partial charge in [-0.05, 0) is 42.3 Å². The van der Waals surface area contributed by atoms with Gasteiger partial charge < -0.3 is 4.74 Å². The zero-order valence-corrected chi connectivity index (χ0v) is 11.8. The molecule has 0 aromatic heterocycles. The van der Waals surface area contributed by atoms with Crippen LogP contribution in [0.5, 0.6) is 5.75 Å². The van der Waals surface area contributed by atoms with Gasteiger partial charge in [0.05, 0.1) is 7.11 Å². The number of hydrogen-bond donors (Lipinski definition) is 0. The minimum Gasteiger partial charge on any atom is -0.497 e. The fraction of sp³-hybridized carbons (Fsp3) is 0.167. The van der Waals surface area contributed by atoms with Crippen LogP contribution in [-0.4, -0.2) is 12.9 Å². The van der Waals surface area contributed by atoms with Crippen LogP contribution in [0.25, 0.3) is 6.08 Å². The van der Waals surface area contributed by atoms with Crippen LogP contribution in [0.2, 0.25) is 0 Å². The van der Waals surface area contributed by atoms with Crippen molar-refractivity contribution in [2.45, 2.75) is 13.3 Å². The van der Waals surface area contributed by atoms with Crippen molar-refractivity contribution in [3.05, 3.63) is 71.3 Å². The van der Waals surface area contributed by atoms with Crippen LogP contribution in [0.1, 0.15) is 28.4 Å². The van der Waals surface area contributed by atoms with E-state index in [2.05, 4.69) is 0 Å². The maximum Gasteiger partial charge on any atom is 0.167 e. The number of ether oxygens (including phenoxy) is 1. The van der Waals surface area contributed by atoms with E-state index in [1.807, 2.05) is 55.5 Å². The van der Waals surface area contributed by atoms with Crippen molar-refractivity contribution in [3.8, 4) is 5.75 Å². The third kappa shape index (κ3) is 3.58. The number of methoxy groups -OCH3 is 1. The summed E-state index contributed by atoms with van der Waals surface area (Å²) >= 11 is 0. The molecular formula is C18H18O2. The highest BCUT2D eigenvalue weighted by atomic mass is 16.5. The number of hydrogen-bond acceptors (Lipinski definition) is 2. The Hall–Kier alpha value is -2.35. The summed E-state index contributed by atoms with van der Waals surface area (Å²) in [6.45, 7) is 1.99. The molecule has 0 bridgehead atoms. The van der Waals surface area contributed by atoms with E-state index in [-0.39, 0.29) is 5.78 Å². The Morgan fingerprint density at radius 1 is 1.05 bits per heavy atom. The highest BCUT2D eigenvalue weighted by Gasteiger charge is 2.07. The normalized spacial score (nSPS) is 10.7. The first-order valence-corrected chi connectivity index (χ1v) is 6.62. The molecule has 2 rings (SSSR count). The van der Waals surface area contributed by atoms with E-state index < -0.39 is 0 Å². The lowest BCUT2D eigenvalue weighted by atomic mass is 10.0. The van der Waals surface area contributed by atoms with Gasteiger partial charge in [0.25, 0.3) is 0 Å². The Kier molecular flexibility index (Phi) is 4.72. The molecule has 0 atom stereocenters. The number of carbonyl (C=O) groups excluding carboxylic acids is 1. The molecule has 0 aliphatic carbocycles. The lowest BCUT2D eigenvalue weighted by Crippen LogP contribution is -2.03. The number of carbonyl (C=O) groups is 1. The summed E-state index contributed by atoms with van der Waals surface area (Å²) < 4.78 is 5.09. The van der Waals surface area contributed by atoms with Gasteiger partial charge in [0.2, 0.25) is 0 Å². The van der Waals surface area contributed by atoms with Crippen LogP contribution in [0.4, 0.5) is 0 Å². The maximum absolute atomic E-state index is 12.2. The molecule has 102 valence electrons. The van der Waals surface area contributed by atoms with E-state index in [1.54, 1.807) is 19.2 Å². The van der Waals surface area contributed by atoms with E-state index in [4.69, 9.17) is 4.74 Å². The summed E-state index contributed by atoms with van der Waals surface area (Å²) in [5, 5.41) is 0. The molecule has 0 spiro atoms. The number of allylic oxidation sites excluding steroid dienone is 1. The summed E-state index contributed by atoms with van der Waals surface area (Å²) in [5.41, 5.74) is 2.88. The van der Waals surface area contributed by atoms with Crippen molar-refractivity contribution in [1.82, 2.24) is 0 Å². The molecule has 0 unspecified atom stereocenters. The van der Waals surface area contributed by atoms with Crippen LogP contribution in [-0.2, 0) is 6.42 Å². The monoisotopic (exact) mass is 266 g/mol. The van der Waals surface area contributed by atoms with Crippen molar-refractivity contribution in [2.75, 3.05) is 7.11 Å². The van der Waals surface area contributed by atoms with Gasteiger partial charge >= 0.3 is 0 Å². The summed E-state index contributed by atoms with van der Waals surface area (Å²) in [7, 11) is 1.61. The molecule has 0 aliphatic heterocycles. The topological polar surface area (TPSA) is 26.3 Å². The lowest BCUT2D eigenvalue weighted by molar-refractivity contribution is 0.0993. The molecule has 2 aromatic carbocycles. The fourth-order valence-electron chi connectivity index (χ4n) is 2.00. The first kappa shape index (κ1) is 14.1. The van der Waals surface area contributed by atoms with Gasteiger partial charge in [-0.1, -0.05) is 36.4 Å². The molecule has 2 heteroatoms. The van der Waals surface area contributed by atoms with Crippen molar-refractivity contribution in [1.29, 1.82) is 0 Å². The van der Waals surface area contributed by atoms with E-state index in [9.17, 15) is 4.79 Å². The molecule has 0 radical (unpaired) electrons. The number of benzene rings is 2. The summed E-state index contributed by atoms with van der Waals surface area (Å²) in [4.78, 5) is 12.2. The van der Waals surface area contributed by atoms with Crippen LogP contribution >= 0.6 is 0 Å². The van der Waals surface area contributed by atoms with Crippen molar-refractivity contribution < 1.29 is 9.53 Å². The average molecular weight is 266 g/mol. The first-order chi connectivity index (χ1) is 9.72. The molecule has 0 aliphatic rings. The highest BCUT2D eigenvalue weighted by molar-refractivity contribution is 5.97. The molecular weight excluding hydrogens is 248 g/mol. The minimum absolute atomic E-state index is 0.117. The smallest absolute Gasteiger partial charge is 0.167 e. The van der Waals surface area contributed by atoms with Crippen LogP contribution in [0.3, 0.4) is 0 Å². The summed E-state index contributed by atoms with van der Waals surface area (Å²) in [5.74, 6) is 0.878. The van der Waals surface area contributed by atoms with Gasteiger partial charge in [0.15, 0.2) is 5.78 Å². The van der Waals surface area contributed by atoms with Crippen molar-refractivity contribution >= 4 is 11.9 Å². The zero-order chi connectivity index (χ0) is 14.4. The molecule has 2 aromatic rings. The largest absolute Gasteiger partial charge is 0.497 e. The predicted octanol–water partition coefficient (Wildman–Crippen LogP) is 4.15. The molecule has 0 saturated heterocycles. The maximum atomic E-state index is 12.2. The second-order valence-corrected chi connectivity index (χ2v) is 4.57. The Morgan fingerprint density at radius 2 is 1.70 bits per heavy atom. The Morgan fingerprint density at radius 3 is 2.25 bits per heavy atom. The third-order valence-electron chi connectivity index (χ3n) is 3.12. The van der Waals surface area contributed by atoms with E-state index in [0.717, 1.165) is 16.9 Å². The molecule has 0 N–H and O–H groups in total. The Bertz CT molecular complexity index is 592. The van der Waals surface area contributed by atoms with Crippen molar-refractivity contribution in [3.63, 3.8) is 0 Å². The van der Waals surface area contributed by atoms with Gasteiger partial charge in [-0.25, -0.2) is 0 Å². The number of rotatable bonds is 5. The number of Topliss-reactive ketones (excluding diaryl/α,β-unsaturated/α-hetero) is 1. The fourth-order valence-corrected chi connectivity index (χ4v) is 2.00. The van der Waals surface area contributed by atoms with Gasteiger partial charge in [-0.2, -0.15) is 0 Å². The quantitative estimate of drug-likeness (QED) is 0.760. The van der Waals surface area contributed by atoms with Gasteiger partial charge in [-0.15, -0.1) is 0 Å². The molecule has 0 fully saturated rings. The minimum atomic E-state index is 0.117. The van der Waals surface area contributed by atoms with Gasteiger partial charge in [-0.3, -0.25) is 4.79 Å². The highest BCUT2D eigenvalue weighted by Crippen LogP contribution is 2.14. The predicted molar refractivity (Wildman–Crippen MR) is 82.2 cm³/mol. The van der Waals surface area contributed by atoms with Gasteiger partial charge in [0, 0.05) is 12.0 Å². The first-order valence-electron chi connectivity index (χ1n) is 6.62. The van der Waals surface area contributed by atoms with Crippen LogP contribution in [0.15, 0.2) is 54.6 Å². The second kappa shape index (κ2) is 6.71. The lowest BCUT2D eigenvalue weighted by Gasteiger charge is -2.04.